The van der Waals surface area contributed by atoms with Gasteiger partial charge >= 0.3 is 5.97 Å². The Hall–Kier alpha value is -3.35. The van der Waals surface area contributed by atoms with Crippen molar-refractivity contribution in [3.8, 4) is 0 Å². The second-order valence-electron chi connectivity index (χ2n) is 7.97. The van der Waals surface area contributed by atoms with E-state index in [1.807, 2.05) is 39.0 Å². The van der Waals surface area contributed by atoms with Crippen molar-refractivity contribution < 1.29 is 19.1 Å². The third kappa shape index (κ3) is 3.75. The van der Waals surface area contributed by atoms with Crippen molar-refractivity contribution in [3.63, 3.8) is 0 Å². The molecule has 7 heteroatoms. The number of nitrogens with zero attached hydrogens (tertiary/aromatic N) is 1. The molecule has 2 amide bonds. The number of carbonyl (C=O) groups excluding carboxylic acids is 3. The summed E-state index contributed by atoms with van der Waals surface area (Å²) in [5, 5.41) is 5.69. The van der Waals surface area contributed by atoms with E-state index in [9.17, 15) is 14.4 Å². The quantitative estimate of drug-likeness (QED) is 0.759. The van der Waals surface area contributed by atoms with Crippen LogP contribution >= 0.6 is 0 Å². The third-order valence-corrected chi connectivity index (χ3v) is 5.63. The van der Waals surface area contributed by atoms with Gasteiger partial charge < -0.3 is 20.3 Å². The van der Waals surface area contributed by atoms with Gasteiger partial charge in [0, 0.05) is 12.2 Å². The van der Waals surface area contributed by atoms with Gasteiger partial charge in [-0.2, -0.15) is 0 Å². The molecule has 1 atom stereocenters. The number of ether oxygens (including phenoxy) is 1. The summed E-state index contributed by atoms with van der Waals surface area (Å²) in [6, 6.07) is 8.94. The summed E-state index contributed by atoms with van der Waals surface area (Å²) >= 11 is 0. The van der Waals surface area contributed by atoms with Crippen molar-refractivity contribution in [2.45, 2.75) is 39.7 Å². The lowest BCUT2D eigenvalue weighted by Gasteiger charge is -2.33. The molecule has 1 fully saturated rings. The number of hydrogen-bond donors (Lipinski definition) is 2. The van der Waals surface area contributed by atoms with Crippen LogP contribution in [-0.4, -0.2) is 37.0 Å². The number of esters is 1. The summed E-state index contributed by atoms with van der Waals surface area (Å²) < 4.78 is 5.19. The van der Waals surface area contributed by atoms with Crippen LogP contribution < -0.4 is 15.5 Å². The van der Waals surface area contributed by atoms with Crippen LogP contribution in [0.25, 0.3) is 0 Å². The molecule has 2 aliphatic rings. The van der Waals surface area contributed by atoms with E-state index in [4.69, 9.17) is 4.74 Å². The van der Waals surface area contributed by atoms with Crippen LogP contribution in [0.15, 0.2) is 30.3 Å². The van der Waals surface area contributed by atoms with Gasteiger partial charge in [0.05, 0.1) is 16.9 Å². The van der Waals surface area contributed by atoms with E-state index in [1.54, 1.807) is 12.1 Å². The Labute approximate surface area is 175 Å². The van der Waals surface area contributed by atoms with E-state index in [-0.39, 0.29) is 18.6 Å². The molecule has 2 aliphatic heterocycles. The van der Waals surface area contributed by atoms with E-state index in [2.05, 4.69) is 15.5 Å². The fourth-order valence-electron chi connectivity index (χ4n) is 4.32. The van der Waals surface area contributed by atoms with E-state index in [0.29, 0.717) is 11.3 Å². The molecule has 2 N–H and O–H groups in total. The van der Waals surface area contributed by atoms with Crippen LogP contribution in [0.5, 0.6) is 0 Å². The zero-order valence-electron chi connectivity index (χ0n) is 17.4. The molecule has 0 spiro atoms. The Kier molecular flexibility index (Phi) is 5.20. The first-order valence-electron chi connectivity index (χ1n) is 10.1. The van der Waals surface area contributed by atoms with E-state index in [1.165, 1.54) is 0 Å². The Morgan fingerprint density at radius 2 is 1.90 bits per heavy atom. The molecule has 2 heterocycles. The van der Waals surface area contributed by atoms with E-state index >= 15 is 0 Å². The van der Waals surface area contributed by atoms with Crippen LogP contribution in [-0.2, 0) is 14.3 Å². The second kappa shape index (κ2) is 7.82. The Balaban J connectivity index is 1.41. The molecule has 156 valence electrons. The smallest absolute Gasteiger partial charge is 0.338 e. The highest BCUT2D eigenvalue weighted by Crippen LogP contribution is 2.37. The molecule has 0 bridgehead atoms. The fraction of sp³-hybridized carbons (Fsp3) is 0.348. The van der Waals surface area contributed by atoms with Gasteiger partial charge in [0.15, 0.2) is 6.61 Å². The number of benzene rings is 2. The molecule has 30 heavy (non-hydrogen) atoms. The Bertz CT molecular complexity index is 1020. The van der Waals surface area contributed by atoms with E-state index < -0.39 is 11.9 Å². The highest BCUT2D eigenvalue weighted by atomic mass is 16.5. The zero-order chi connectivity index (χ0) is 21.4. The lowest BCUT2D eigenvalue weighted by atomic mass is 10.1. The largest absolute Gasteiger partial charge is 0.452 e. The first-order valence-corrected chi connectivity index (χ1v) is 10.1. The van der Waals surface area contributed by atoms with Crippen molar-refractivity contribution in [3.05, 3.63) is 52.6 Å². The maximum Gasteiger partial charge on any atom is 0.338 e. The molecular formula is C23H25N3O4. The lowest BCUT2D eigenvalue weighted by molar-refractivity contribution is -0.119. The van der Waals surface area contributed by atoms with Crippen LogP contribution in [0, 0.1) is 20.8 Å². The van der Waals surface area contributed by atoms with Gasteiger partial charge in [-0.25, -0.2) is 4.79 Å². The number of rotatable bonds is 4. The minimum atomic E-state index is -0.608. The fourth-order valence-corrected chi connectivity index (χ4v) is 4.32. The van der Waals surface area contributed by atoms with Gasteiger partial charge in [0.2, 0.25) is 5.91 Å². The predicted octanol–water partition coefficient (Wildman–Crippen LogP) is 3.33. The molecule has 2 aromatic rings. The van der Waals surface area contributed by atoms with Crippen LogP contribution in [0.2, 0.25) is 0 Å². The molecule has 1 saturated heterocycles. The summed E-state index contributed by atoms with van der Waals surface area (Å²) in [7, 11) is 0. The SMILES string of the molecule is Cc1cc(C)c(NC(=O)COC(=O)c2ccc3c(c2)NC(=O)[C@H]2CCCN32)c(C)c1. The highest BCUT2D eigenvalue weighted by Gasteiger charge is 2.36. The monoisotopic (exact) mass is 407 g/mol. The molecule has 0 radical (unpaired) electrons. The van der Waals surface area contributed by atoms with Gasteiger partial charge in [-0.1, -0.05) is 17.7 Å². The standard InChI is InChI=1S/C23H25N3O4/c1-13-9-14(2)21(15(3)10-13)25-20(27)12-30-23(29)16-6-7-18-17(11-16)24-22(28)19-5-4-8-26(18)19/h6-7,9-11,19H,4-5,8,12H2,1-3H3,(H,24,28)(H,25,27)/t19-/m1/s1. The van der Waals surface area contributed by atoms with Crippen LogP contribution in [0.1, 0.15) is 39.9 Å². The number of carbonyl (C=O) groups is 3. The predicted molar refractivity (Wildman–Crippen MR) is 115 cm³/mol. The average Bonchev–Trinajstić information content (AvgIpc) is 3.19. The van der Waals surface area contributed by atoms with Crippen LogP contribution in [0.4, 0.5) is 17.1 Å². The molecule has 0 unspecified atom stereocenters. The topological polar surface area (TPSA) is 87.7 Å². The second-order valence-corrected chi connectivity index (χ2v) is 7.97. The van der Waals surface area contributed by atoms with E-state index in [0.717, 1.165) is 47.5 Å². The van der Waals surface area contributed by atoms with Crippen molar-refractivity contribution >= 4 is 34.8 Å². The molecule has 7 nitrogen and oxygen atoms in total. The maximum absolute atomic E-state index is 12.4. The van der Waals surface area contributed by atoms with Gasteiger partial charge in [0.25, 0.3) is 5.91 Å². The summed E-state index contributed by atoms with van der Waals surface area (Å²) in [6.45, 7) is 6.29. The van der Waals surface area contributed by atoms with Gasteiger partial charge in [-0.15, -0.1) is 0 Å². The van der Waals surface area contributed by atoms with Gasteiger partial charge in [0.1, 0.15) is 6.04 Å². The number of anilines is 3. The summed E-state index contributed by atoms with van der Waals surface area (Å²) in [5.41, 5.74) is 5.57. The normalized spacial score (nSPS) is 17.1. The van der Waals surface area contributed by atoms with Gasteiger partial charge in [-0.05, 0) is 62.9 Å². The number of hydrogen-bond acceptors (Lipinski definition) is 5. The first kappa shape index (κ1) is 19.9. The average molecular weight is 407 g/mol. The van der Waals surface area contributed by atoms with Crippen molar-refractivity contribution in [1.82, 2.24) is 0 Å². The number of amides is 2. The number of nitrogens with one attached hydrogen (secondary N) is 2. The minimum absolute atomic E-state index is 0.0475. The minimum Gasteiger partial charge on any atom is -0.452 e. The Morgan fingerprint density at radius 1 is 1.17 bits per heavy atom. The number of aryl methyl sites for hydroxylation is 3. The summed E-state index contributed by atoms with van der Waals surface area (Å²) in [5.74, 6) is -1.05. The zero-order valence-corrected chi connectivity index (χ0v) is 17.4. The van der Waals surface area contributed by atoms with Crippen molar-refractivity contribution in [1.29, 1.82) is 0 Å². The van der Waals surface area contributed by atoms with Crippen LogP contribution in [0.3, 0.4) is 0 Å². The lowest BCUT2D eigenvalue weighted by Crippen LogP contribution is -2.43. The molecule has 2 aromatic carbocycles. The molecule has 0 saturated carbocycles. The Morgan fingerprint density at radius 3 is 2.63 bits per heavy atom. The molecule has 0 aliphatic carbocycles. The van der Waals surface area contributed by atoms with Crippen molar-refractivity contribution in [2.75, 3.05) is 28.7 Å². The van der Waals surface area contributed by atoms with Gasteiger partial charge in [-0.3, -0.25) is 9.59 Å². The third-order valence-electron chi connectivity index (χ3n) is 5.63. The maximum atomic E-state index is 12.4. The summed E-state index contributed by atoms with van der Waals surface area (Å²) in [6.07, 6.45) is 1.81. The summed E-state index contributed by atoms with van der Waals surface area (Å²) in [4.78, 5) is 39.1. The first-order chi connectivity index (χ1) is 14.3. The molecule has 0 aromatic heterocycles. The number of fused-ring (bicyclic) bond motifs is 3. The highest BCUT2D eigenvalue weighted by molar-refractivity contribution is 6.05. The van der Waals surface area contributed by atoms with Crippen molar-refractivity contribution in [2.24, 2.45) is 0 Å². The molecular weight excluding hydrogens is 382 g/mol. The molecule has 4 rings (SSSR count).